The van der Waals surface area contributed by atoms with Crippen molar-refractivity contribution in [1.29, 1.82) is 0 Å². The van der Waals surface area contributed by atoms with E-state index >= 15 is 0 Å². The third-order valence-corrected chi connectivity index (χ3v) is 7.29. The Morgan fingerprint density at radius 3 is 1.95 bits per heavy atom. The first kappa shape index (κ1) is 32.1. The smallest absolute Gasteiger partial charge is 0.407 e. The molecule has 3 aromatic carbocycles. The summed E-state index contributed by atoms with van der Waals surface area (Å²) < 4.78 is 5.42. The van der Waals surface area contributed by atoms with Crippen LogP contribution in [0.25, 0.3) is 0 Å². The van der Waals surface area contributed by atoms with Gasteiger partial charge in [0.25, 0.3) is 0 Å². The van der Waals surface area contributed by atoms with Crippen LogP contribution in [-0.2, 0) is 29.0 Å². The fourth-order valence-electron chi connectivity index (χ4n) is 4.56. The molecule has 0 unspecified atom stereocenters. The first-order valence-corrected chi connectivity index (χ1v) is 14.3. The standard InChI is InChI=1S/C33H42N4O5/c1-3-24(2)30(31(34)39)36-32(40)37(20-19-25-13-7-4-8-14-25)22-29(38)28(21-26-15-9-5-10-16-26)35-33(41)42-23-27-17-11-6-12-18-27/h4-18,24,28-30,38H,3,19-23H2,1-2H3,(H2,34,39)(H,35,41)(H,36,40)/t24-,28-,29+,30-/m0/s1. The highest BCUT2D eigenvalue weighted by Gasteiger charge is 2.30. The number of hydrogen-bond acceptors (Lipinski definition) is 5. The molecule has 0 aliphatic carbocycles. The van der Waals surface area contributed by atoms with Crippen molar-refractivity contribution in [3.63, 3.8) is 0 Å². The topological polar surface area (TPSA) is 134 Å². The van der Waals surface area contributed by atoms with E-state index in [0.717, 1.165) is 16.7 Å². The second kappa shape index (κ2) is 16.8. The molecule has 0 bridgehead atoms. The molecule has 0 aromatic heterocycles. The van der Waals surface area contributed by atoms with Crippen molar-refractivity contribution < 1.29 is 24.2 Å². The van der Waals surface area contributed by atoms with E-state index in [4.69, 9.17) is 10.5 Å². The maximum absolute atomic E-state index is 13.5. The molecule has 0 aliphatic rings. The minimum Gasteiger partial charge on any atom is -0.445 e. The maximum atomic E-state index is 13.5. The van der Waals surface area contributed by atoms with Crippen LogP contribution in [0.3, 0.4) is 0 Å². The number of urea groups is 1. The summed E-state index contributed by atoms with van der Waals surface area (Å²) >= 11 is 0. The van der Waals surface area contributed by atoms with Gasteiger partial charge in [0.2, 0.25) is 5.91 Å². The van der Waals surface area contributed by atoms with Crippen LogP contribution in [0.2, 0.25) is 0 Å². The number of alkyl carbamates (subject to hydrolysis) is 1. The Labute approximate surface area is 248 Å². The molecule has 3 aromatic rings. The Morgan fingerprint density at radius 2 is 1.40 bits per heavy atom. The van der Waals surface area contributed by atoms with Crippen molar-refractivity contribution in [2.24, 2.45) is 11.7 Å². The summed E-state index contributed by atoms with van der Waals surface area (Å²) in [6.07, 6.45) is -0.333. The summed E-state index contributed by atoms with van der Waals surface area (Å²) in [7, 11) is 0. The number of aliphatic hydroxyl groups excluding tert-OH is 1. The van der Waals surface area contributed by atoms with E-state index < -0.39 is 36.2 Å². The molecule has 0 radical (unpaired) electrons. The third-order valence-electron chi connectivity index (χ3n) is 7.29. The average Bonchev–Trinajstić information content (AvgIpc) is 3.01. The van der Waals surface area contributed by atoms with Gasteiger partial charge in [-0.2, -0.15) is 0 Å². The number of rotatable bonds is 15. The van der Waals surface area contributed by atoms with Crippen molar-refractivity contribution in [2.45, 2.75) is 57.9 Å². The molecule has 0 heterocycles. The van der Waals surface area contributed by atoms with Crippen LogP contribution in [0.4, 0.5) is 9.59 Å². The van der Waals surface area contributed by atoms with Gasteiger partial charge < -0.3 is 31.1 Å². The molecule has 0 saturated carbocycles. The molecule has 3 rings (SSSR count). The van der Waals surface area contributed by atoms with Crippen molar-refractivity contribution in [3.05, 3.63) is 108 Å². The summed E-state index contributed by atoms with van der Waals surface area (Å²) in [6, 6.07) is 26.3. The van der Waals surface area contributed by atoms with E-state index in [2.05, 4.69) is 10.6 Å². The first-order chi connectivity index (χ1) is 20.3. The van der Waals surface area contributed by atoms with Gasteiger partial charge in [0.05, 0.1) is 18.7 Å². The van der Waals surface area contributed by atoms with Crippen molar-refractivity contribution >= 4 is 18.0 Å². The molecule has 0 aliphatic heterocycles. The highest BCUT2D eigenvalue weighted by Crippen LogP contribution is 2.12. The van der Waals surface area contributed by atoms with Crippen LogP contribution >= 0.6 is 0 Å². The average molecular weight is 575 g/mol. The van der Waals surface area contributed by atoms with Crippen LogP contribution in [0.15, 0.2) is 91.0 Å². The number of nitrogens with one attached hydrogen (secondary N) is 2. The van der Waals surface area contributed by atoms with Gasteiger partial charge in [-0.25, -0.2) is 9.59 Å². The van der Waals surface area contributed by atoms with Crippen LogP contribution in [0.5, 0.6) is 0 Å². The number of hydrogen-bond donors (Lipinski definition) is 4. The molecule has 0 fully saturated rings. The molecule has 42 heavy (non-hydrogen) atoms. The highest BCUT2D eigenvalue weighted by molar-refractivity contribution is 5.86. The van der Waals surface area contributed by atoms with Gasteiger partial charge in [0.1, 0.15) is 12.6 Å². The molecule has 9 nitrogen and oxygen atoms in total. The minimum atomic E-state index is -1.15. The van der Waals surface area contributed by atoms with Crippen LogP contribution in [-0.4, -0.2) is 59.3 Å². The summed E-state index contributed by atoms with van der Waals surface area (Å²) in [5.41, 5.74) is 8.35. The SMILES string of the molecule is CC[C@H](C)[C@H](NC(=O)N(CCc1ccccc1)C[C@@H](O)[C@H](Cc1ccccc1)NC(=O)OCc1ccccc1)C(N)=O. The Balaban J connectivity index is 1.77. The lowest BCUT2D eigenvalue weighted by Crippen LogP contribution is -2.56. The zero-order valence-electron chi connectivity index (χ0n) is 24.3. The van der Waals surface area contributed by atoms with Gasteiger partial charge in [-0.3, -0.25) is 4.79 Å². The molecule has 9 heteroatoms. The molecule has 4 atom stereocenters. The number of carbonyl (C=O) groups is 3. The monoisotopic (exact) mass is 574 g/mol. The van der Waals surface area contributed by atoms with E-state index in [0.29, 0.717) is 19.3 Å². The van der Waals surface area contributed by atoms with Crippen molar-refractivity contribution in [1.82, 2.24) is 15.5 Å². The number of benzene rings is 3. The second-order valence-corrected chi connectivity index (χ2v) is 10.5. The largest absolute Gasteiger partial charge is 0.445 e. The van der Waals surface area contributed by atoms with Gasteiger partial charge in [-0.15, -0.1) is 0 Å². The zero-order chi connectivity index (χ0) is 30.3. The van der Waals surface area contributed by atoms with E-state index in [1.54, 1.807) is 0 Å². The molecule has 4 amide bonds. The second-order valence-electron chi connectivity index (χ2n) is 10.5. The minimum absolute atomic E-state index is 0.0799. The van der Waals surface area contributed by atoms with Gasteiger partial charge >= 0.3 is 12.1 Å². The van der Waals surface area contributed by atoms with Gasteiger partial charge in [-0.1, -0.05) is 111 Å². The number of carbonyl (C=O) groups excluding carboxylic acids is 3. The molecular weight excluding hydrogens is 532 g/mol. The summed E-state index contributed by atoms with van der Waals surface area (Å²) in [6.45, 7) is 4.02. The van der Waals surface area contributed by atoms with Crippen LogP contribution < -0.4 is 16.4 Å². The Hall–Kier alpha value is -4.37. The van der Waals surface area contributed by atoms with E-state index in [1.165, 1.54) is 4.90 Å². The number of primary amides is 1. The Kier molecular flexibility index (Phi) is 12.9. The molecule has 0 saturated heterocycles. The lowest BCUT2D eigenvalue weighted by Gasteiger charge is -2.32. The predicted octanol–water partition coefficient (Wildman–Crippen LogP) is 4.04. The quantitative estimate of drug-likeness (QED) is 0.217. The maximum Gasteiger partial charge on any atom is 0.407 e. The van der Waals surface area contributed by atoms with E-state index in [1.807, 2.05) is 105 Å². The fourth-order valence-corrected chi connectivity index (χ4v) is 4.56. The summed E-state index contributed by atoms with van der Waals surface area (Å²) in [5, 5.41) is 17.0. The third kappa shape index (κ3) is 10.6. The summed E-state index contributed by atoms with van der Waals surface area (Å²) in [5.74, 6) is -0.787. The van der Waals surface area contributed by atoms with Crippen LogP contribution in [0.1, 0.15) is 37.0 Å². The van der Waals surface area contributed by atoms with Crippen molar-refractivity contribution in [2.75, 3.05) is 13.1 Å². The van der Waals surface area contributed by atoms with Gasteiger partial charge in [0.15, 0.2) is 0 Å². The lowest BCUT2D eigenvalue weighted by molar-refractivity contribution is -0.121. The summed E-state index contributed by atoms with van der Waals surface area (Å²) in [4.78, 5) is 39.9. The number of nitrogens with zero attached hydrogens (tertiary/aromatic N) is 1. The number of nitrogens with two attached hydrogens (primary N) is 1. The fraction of sp³-hybridized carbons (Fsp3) is 0.364. The predicted molar refractivity (Wildman–Crippen MR) is 162 cm³/mol. The van der Waals surface area contributed by atoms with Gasteiger partial charge in [0, 0.05) is 6.54 Å². The Bertz CT molecular complexity index is 1240. The number of ether oxygens (including phenoxy) is 1. The first-order valence-electron chi connectivity index (χ1n) is 14.3. The Morgan fingerprint density at radius 1 is 0.857 bits per heavy atom. The number of aliphatic hydroxyl groups is 1. The highest BCUT2D eigenvalue weighted by atomic mass is 16.5. The van der Waals surface area contributed by atoms with E-state index in [9.17, 15) is 19.5 Å². The normalized spacial score (nSPS) is 13.7. The van der Waals surface area contributed by atoms with Crippen molar-refractivity contribution in [3.8, 4) is 0 Å². The number of amides is 4. The molecular formula is C33H42N4O5. The molecule has 5 N–H and O–H groups in total. The van der Waals surface area contributed by atoms with E-state index in [-0.39, 0.29) is 25.6 Å². The van der Waals surface area contributed by atoms with Crippen LogP contribution in [0, 0.1) is 5.92 Å². The zero-order valence-corrected chi connectivity index (χ0v) is 24.3. The molecule has 224 valence electrons. The molecule has 0 spiro atoms. The lowest BCUT2D eigenvalue weighted by atomic mass is 9.98. The van der Waals surface area contributed by atoms with Gasteiger partial charge in [-0.05, 0) is 35.4 Å².